The van der Waals surface area contributed by atoms with Crippen molar-refractivity contribution in [2.45, 2.75) is 26.1 Å². The molecule has 0 radical (unpaired) electrons. The predicted octanol–water partition coefficient (Wildman–Crippen LogP) is 6.81. The van der Waals surface area contributed by atoms with Crippen LogP contribution in [0.2, 0.25) is 0 Å². The topological polar surface area (TPSA) is 103 Å². The van der Waals surface area contributed by atoms with Crippen molar-refractivity contribution in [1.82, 2.24) is 5.43 Å². The van der Waals surface area contributed by atoms with Crippen LogP contribution in [0.15, 0.2) is 68.6 Å². The number of nitro groups is 1. The van der Waals surface area contributed by atoms with E-state index in [1.165, 1.54) is 6.21 Å². The molecular weight excluding hydrogens is 639 g/mol. The first kappa shape index (κ1) is 29.1. The van der Waals surface area contributed by atoms with Crippen molar-refractivity contribution in [2.75, 3.05) is 6.61 Å². The zero-order valence-electron chi connectivity index (χ0n) is 19.7. The maximum absolute atomic E-state index is 12.9. The number of alkyl halides is 3. The number of amides is 1. The first-order chi connectivity index (χ1) is 18.0. The van der Waals surface area contributed by atoms with Gasteiger partial charge in [-0.05, 0) is 58.7 Å². The van der Waals surface area contributed by atoms with Gasteiger partial charge in [0, 0.05) is 26.1 Å². The first-order valence-electron chi connectivity index (χ1n) is 11.0. The summed E-state index contributed by atoms with van der Waals surface area (Å²) in [5, 5.41) is 15.1. The highest BCUT2D eigenvalue weighted by atomic mass is 79.9. The van der Waals surface area contributed by atoms with Crippen LogP contribution in [0.25, 0.3) is 0 Å². The van der Waals surface area contributed by atoms with E-state index >= 15 is 0 Å². The molecule has 0 atom stereocenters. The zero-order chi connectivity index (χ0) is 27.9. The molecule has 3 aromatic carbocycles. The van der Waals surface area contributed by atoms with Crippen LogP contribution in [0.4, 0.5) is 18.9 Å². The molecule has 0 heterocycles. The van der Waals surface area contributed by atoms with E-state index in [1.807, 2.05) is 31.2 Å². The summed E-state index contributed by atoms with van der Waals surface area (Å²) in [6.07, 6.45) is -3.97. The number of halogens is 5. The predicted molar refractivity (Wildman–Crippen MR) is 141 cm³/mol. The Morgan fingerprint density at radius 1 is 1.08 bits per heavy atom. The molecule has 0 saturated heterocycles. The van der Waals surface area contributed by atoms with E-state index in [4.69, 9.17) is 9.47 Å². The summed E-state index contributed by atoms with van der Waals surface area (Å²) in [6, 6.07) is 13.0. The number of rotatable bonds is 10. The Labute approximate surface area is 232 Å². The van der Waals surface area contributed by atoms with Crippen LogP contribution in [0, 0.1) is 10.1 Å². The Morgan fingerprint density at radius 2 is 1.76 bits per heavy atom. The normalized spacial score (nSPS) is 11.4. The van der Waals surface area contributed by atoms with Gasteiger partial charge in [-0.2, -0.15) is 18.3 Å². The molecule has 8 nitrogen and oxygen atoms in total. The van der Waals surface area contributed by atoms with Gasteiger partial charge < -0.3 is 9.47 Å². The average Bonchev–Trinajstić information content (AvgIpc) is 2.85. The molecule has 0 spiro atoms. The quantitative estimate of drug-likeness (QED) is 0.146. The van der Waals surface area contributed by atoms with Crippen LogP contribution in [-0.2, 0) is 24.0 Å². The molecule has 200 valence electrons. The standard InChI is InChI=1S/C25H20Br2F3N3O5/c1-2-37-22-9-17(20(27)12-23(22)38-14-15-3-7-19(26)8-4-15)13-31-32-24(34)10-16-5-6-18(25(28,29)30)11-21(16)33(35)36/h3-9,11-13H,2,10,14H2,1H3,(H,32,34)/b31-13+. The lowest BCUT2D eigenvalue weighted by Gasteiger charge is -2.14. The molecule has 0 bridgehead atoms. The Bertz CT molecular complexity index is 1350. The highest BCUT2D eigenvalue weighted by Gasteiger charge is 2.33. The van der Waals surface area contributed by atoms with Crippen molar-refractivity contribution in [3.63, 3.8) is 0 Å². The van der Waals surface area contributed by atoms with E-state index in [2.05, 4.69) is 42.4 Å². The van der Waals surface area contributed by atoms with Crippen molar-refractivity contribution >= 4 is 49.7 Å². The van der Waals surface area contributed by atoms with Crippen LogP contribution in [-0.4, -0.2) is 23.7 Å². The fourth-order valence-electron chi connectivity index (χ4n) is 3.22. The van der Waals surface area contributed by atoms with Crippen LogP contribution < -0.4 is 14.9 Å². The fourth-order valence-corrected chi connectivity index (χ4v) is 3.91. The van der Waals surface area contributed by atoms with Crippen LogP contribution in [0.3, 0.4) is 0 Å². The second-order valence-electron chi connectivity index (χ2n) is 7.74. The molecule has 0 saturated carbocycles. The number of hydrazone groups is 1. The molecule has 0 fully saturated rings. The third kappa shape index (κ3) is 8.02. The SMILES string of the molecule is CCOc1cc(/C=N/NC(=O)Cc2ccc(C(F)(F)F)cc2[N+](=O)[O-])c(Br)cc1OCc1ccc(Br)cc1. The summed E-state index contributed by atoms with van der Waals surface area (Å²) in [5.41, 5.74) is 1.55. The van der Waals surface area contributed by atoms with Gasteiger partial charge in [-0.15, -0.1) is 0 Å². The van der Waals surface area contributed by atoms with E-state index in [0.29, 0.717) is 46.9 Å². The molecule has 3 aromatic rings. The fraction of sp³-hybridized carbons (Fsp3) is 0.200. The van der Waals surface area contributed by atoms with Gasteiger partial charge in [0.25, 0.3) is 5.69 Å². The third-order valence-electron chi connectivity index (χ3n) is 5.02. The van der Waals surface area contributed by atoms with E-state index < -0.39 is 34.7 Å². The maximum Gasteiger partial charge on any atom is 0.416 e. The summed E-state index contributed by atoms with van der Waals surface area (Å²) in [6.45, 7) is 2.49. The number of ether oxygens (including phenoxy) is 2. The number of hydrogen-bond donors (Lipinski definition) is 1. The summed E-state index contributed by atoms with van der Waals surface area (Å²) in [7, 11) is 0. The van der Waals surface area contributed by atoms with Gasteiger partial charge >= 0.3 is 6.18 Å². The number of benzene rings is 3. The minimum atomic E-state index is -4.75. The number of hydrogen-bond acceptors (Lipinski definition) is 6. The number of carbonyl (C=O) groups excluding carboxylic acids is 1. The van der Waals surface area contributed by atoms with Crippen LogP contribution in [0.5, 0.6) is 11.5 Å². The molecule has 1 amide bonds. The number of nitrogens with one attached hydrogen (secondary N) is 1. The Balaban J connectivity index is 1.70. The maximum atomic E-state index is 12.9. The van der Waals surface area contributed by atoms with Gasteiger partial charge in [0.1, 0.15) is 6.61 Å². The Morgan fingerprint density at radius 3 is 2.39 bits per heavy atom. The molecule has 38 heavy (non-hydrogen) atoms. The largest absolute Gasteiger partial charge is 0.490 e. The lowest BCUT2D eigenvalue weighted by molar-refractivity contribution is -0.385. The van der Waals surface area contributed by atoms with E-state index in [9.17, 15) is 28.1 Å². The second kappa shape index (κ2) is 12.9. The Hall–Kier alpha value is -3.45. The van der Waals surface area contributed by atoms with Crippen molar-refractivity contribution in [3.05, 3.63) is 95.9 Å². The number of nitro benzene ring substituents is 1. The lowest BCUT2D eigenvalue weighted by Crippen LogP contribution is -2.20. The Kier molecular flexibility index (Phi) is 9.86. The smallest absolute Gasteiger partial charge is 0.416 e. The molecular formula is C25H20Br2F3N3O5. The van der Waals surface area contributed by atoms with Gasteiger partial charge in [-0.1, -0.05) is 34.1 Å². The van der Waals surface area contributed by atoms with Crippen molar-refractivity contribution in [2.24, 2.45) is 5.10 Å². The van der Waals surface area contributed by atoms with Gasteiger partial charge in [0.15, 0.2) is 11.5 Å². The minimum Gasteiger partial charge on any atom is -0.490 e. The molecule has 1 N–H and O–H groups in total. The summed E-state index contributed by atoms with van der Waals surface area (Å²) in [5.74, 6) is 0.179. The van der Waals surface area contributed by atoms with E-state index in [-0.39, 0.29) is 5.56 Å². The molecule has 13 heteroatoms. The van der Waals surface area contributed by atoms with Gasteiger partial charge in [0.05, 0.1) is 29.7 Å². The summed E-state index contributed by atoms with van der Waals surface area (Å²) < 4.78 is 51.8. The summed E-state index contributed by atoms with van der Waals surface area (Å²) >= 11 is 6.81. The molecule has 0 aromatic heterocycles. The summed E-state index contributed by atoms with van der Waals surface area (Å²) in [4.78, 5) is 22.5. The monoisotopic (exact) mass is 657 g/mol. The lowest BCUT2D eigenvalue weighted by atomic mass is 10.1. The van der Waals surface area contributed by atoms with Gasteiger partial charge in [0.2, 0.25) is 5.91 Å². The number of nitrogens with zero attached hydrogens (tertiary/aromatic N) is 2. The third-order valence-corrected chi connectivity index (χ3v) is 6.24. The van der Waals surface area contributed by atoms with Gasteiger partial charge in [-0.3, -0.25) is 14.9 Å². The molecule has 0 aliphatic rings. The van der Waals surface area contributed by atoms with Crippen molar-refractivity contribution in [1.29, 1.82) is 0 Å². The van der Waals surface area contributed by atoms with Crippen molar-refractivity contribution in [3.8, 4) is 11.5 Å². The van der Waals surface area contributed by atoms with Crippen molar-refractivity contribution < 1.29 is 32.4 Å². The molecule has 3 rings (SSSR count). The minimum absolute atomic E-state index is 0.178. The van der Waals surface area contributed by atoms with Crippen LogP contribution >= 0.6 is 31.9 Å². The number of carbonyl (C=O) groups is 1. The van der Waals surface area contributed by atoms with E-state index in [1.54, 1.807) is 12.1 Å². The molecule has 0 aliphatic heterocycles. The zero-order valence-corrected chi connectivity index (χ0v) is 22.9. The highest BCUT2D eigenvalue weighted by molar-refractivity contribution is 9.10. The van der Waals surface area contributed by atoms with E-state index in [0.717, 1.165) is 16.1 Å². The molecule has 0 aliphatic carbocycles. The second-order valence-corrected chi connectivity index (χ2v) is 9.51. The average molecular weight is 659 g/mol. The first-order valence-corrected chi connectivity index (χ1v) is 12.6. The van der Waals surface area contributed by atoms with Gasteiger partial charge in [-0.25, -0.2) is 5.43 Å². The van der Waals surface area contributed by atoms with Crippen LogP contribution in [0.1, 0.15) is 29.2 Å². The highest BCUT2D eigenvalue weighted by Crippen LogP contribution is 2.35. The molecule has 0 unspecified atom stereocenters.